The summed E-state index contributed by atoms with van der Waals surface area (Å²) >= 11 is 0. The molecule has 1 aliphatic heterocycles. The van der Waals surface area contributed by atoms with Crippen molar-refractivity contribution >= 4 is 22.9 Å². The maximum atomic E-state index is 13.5. The number of nitrogens with one attached hydrogen (secondary N) is 1. The summed E-state index contributed by atoms with van der Waals surface area (Å²) < 4.78 is 13.5. The number of carbonyl (C=O) groups is 2. The number of carboxylic acid groups (broad SMARTS) is 1. The summed E-state index contributed by atoms with van der Waals surface area (Å²) in [7, 11) is 0. The fraction of sp³-hybridized carbons (Fsp3) is 0.348. The van der Waals surface area contributed by atoms with E-state index in [-0.39, 0.29) is 24.2 Å². The van der Waals surface area contributed by atoms with Gasteiger partial charge >= 0.3 is 5.97 Å². The van der Waals surface area contributed by atoms with Gasteiger partial charge in [-0.3, -0.25) is 9.59 Å². The highest BCUT2D eigenvalue weighted by Crippen LogP contribution is 2.30. The first-order valence-electron chi connectivity index (χ1n) is 10.1. The number of hydrogen-bond acceptors (Lipinski definition) is 3. The van der Waals surface area contributed by atoms with Crippen LogP contribution in [0.15, 0.2) is 42.5 Å². The first-order chi connectivity index (χ1) is 14.4. The normalized spacial score (nSPS) is 19.2. The van der Waals surface area contributed by atoms with E-state index in [0.717, 1.165) is 22.4 Å². The van der Waals surface area contributed by atoms with Crippen molar-refractivity contribution in [3.8, 4) is 0 Å². The molecule has 1 amide bonds. The van der Waals surface area contributed by atoms with Gasteiger partial charge in [0, 0.05) is 31.5 Å². The maximum absolute atomic E-state index is 13.5. The van der Waals surface area contributed by atoms with E-state index in [1.807, 2.05) is 25.1 Å². The third kappa shape index (κ3) is 4.35. The van der Waals surface area contributed by atoms with Crippen molar-refractivity contribution in [2.45, 2.75) is 26.2 Å². The Labute approximate surface area is 173 Å². The van der Waals surface area contributed by atoms with Gasteiger partial charge in [-0.25, -0.2) is 9.37 Å². The number of benzene rings is 2. The molecule has 1 fully saturated rings. The number of carbonyl (C=O) groups excluding carboxylic acids is 1. The van der Waals surface area contributed by atoms with Gasteiger partial charge in [0.1, 0.15) is 11.6 Å². The number of nitrogens with zero attached hydrogens (tertiary/aromatic N) is 2. The van der Waals surface area contributed by atoms with Crippen LogP contribution in [-0.2, 0) is 11.2 Å². The summed E-state index contributed by atoms with van der Waals surface area (Å²) in [5.74, 6) is -0.821. The van der Waals surface area contributed by atoms with Gasteiger partial charge in [0.05, 0.1) is 11.0 Å². The minimum atomic E-state index is -0.838. The molecule has 30 heavy (non-hydrogen) atoms. The lowest BCUT2D eigenvalue weighted by atomic mass is 9.81. The lowest BCUT2D eigenvalue weighted by Gasteiger charge is -2.38. The first-order valence-corrected chi connectivity index (χ1v) is 10.1. The lowest BCUT2D eigenvalue weighted by Crippen LogP contribution is -2.45. The monoisotopic (exact) mass is 409 g/mol. The number of hydrogen-bond donors (Lipinski definition) is 2. The number of H-pyrrole nitrogens is 1. The molecule has 4 rings (SSSR count). The zero-order chi connectivity index (χ0) is 21.3. The maximum Gasteiger partial charge on any atom is 0.303 e. The molecular formula is C23H24FN3O3. The highest BCUT2D eigenvalue weighted by Gasteiger charge is 2.33. The Hall–Kier alpha value is -3.22. The number of imidazole rings is 1. The van der Waals surface area contributed by atoms with Crippen LogP contribution in [0.1, 0.15) is 34.6 Å². The fourth-order valence-corrected chi connectivity index (χ4v) is 4.31. The molecule has 1 aliphatic rings. The zero-order valence-corrected chi connectivity index (χ0v) is 16.8. The molecule has 0 radical (unpaired) electrons. The smallest absolute Gasteiger partial charge is 0.303 e. The number of amides is 1. The number of carboxylic acids is 1. The van der Waals surface area contributed by atoms with Gasteiger partial charge in [-0.05, 0) is 61.1 Å². The summed E-state index contributed by atoms with van der Waals surface area (Å²) in [5, 5.41) is 9.33. The highest BCUT2D eigenvalue weighted by molar-refractivity contribution is 5.94. The number of rotatable bonds is 5. The topological polar surface area (TPSA) is 86.3 Å². The number of fused-ring (bicyclic) bond motifs is 1. The predicted octanol–water partition coefficient (Wildman–Crippen LogP) is 3.81. The van der Waals surface area contributed by atoms with E-state index in [9.17, 15) is 19.1 Å². The van der Waals surface area contributed by atoms with Gasteiger partial charge in [0.15, 0.2) is 0 Å². The van der Waals surface area contributed by atoms with Gasteiger partial charge in [-0.2, -0.15) is 0 Å². The second-order valence-corrected chi connectivity index (χ2v) is 8.08. The van der Waals surface area contributed by atoms with E-state index in [0.29, 0.717) is 31.5 Å². The van der Waals surface area contributed by atoms with E-state index in [1.54, 1.807) is 11.0 Å². The largest absolute Gasteiger partial charge is 0.481 e. The Balaban J connectivity index is 1.55. The molecule has 156 valence electrons. The van der Waals surface area contributed by atoms with Crippen molar-refractivity contribution in [1.29, 1.82) is 0 Å². The van der Waals surface area contributed by atoms with Crippen LogP contribution >= 0.6 is 0 Å². The third-order valence-corrected chi connectivity index (χ3v) is 5.83. The molecule has 2 aromatic carbocycles. The second kappa shape index (κ2) is 8.26. The van der Waals surface area contributed by atoms with Crippen LogP contribution in [0.2, 0.25) is 0 Å². The molecule has 1 saturated heterocycles. The molecule has 2 N–H and O–H groups in total. The predicted molar refractivity (Wildman–Crippen MR) is 111 cm³/mol. The Morgan fingerprint density at radius 3 is 2.83 bits per heavy atom. The molecule has 1 aromatic heterocycles. The zero-order valence-electron chi connectivity index (χ0n) is 16.8. The molecule has 6 nitrogen and oxygen atoms in total. The summed E-state index contributed by atoms with van der Waals surface area (Å²) in [6.45, 7) is 2.90. The Bertz CT molecular complexity index is 1090. The van der Waals surface area contributed by atoms with Crippen molar-refractivity contribution < 1.29 is 19.1 Å². The van der Waals surface area contributed by atoms with Gasteiger partial charge in [-0.15, -0.1) is 0 Å². The number of aryl methyl sites for hydroxylation is 1. The van der Waals surface area contributed by atoms with E-state index in [2.05, 4.69) is 9.97 Å². The Morgan fingerprint density at radius 2 is 2.07 bits per heavy atom. The van der Waals surface area contributed by atoms with Crippen LogP contribution in [0, 0.1) is 24.6 Å². The van der Waals surface area contributed by atoms with Crippen molar-refractivity contribution in [1.82, 2.24) is 14.9 Å². The molecule has 3 aromatic rings. The van der Waals surface area contributed by atoms with Crippen LogP contribution in [0.4, 0.5) is 4.39 Å². The molecule has 2 atom stereocenters. The highest BCUT2D eigenvalue weighted by atomic mass is 19.1. The van der Waals surface area contributed by atoms with E-state index >= 15 is 0 Å². The second-order valence-electron chi connectivity index (χ2n) is 8.08. The Kier molecular flexibility index (Phi) is 5.53. The van der Waals surface area contributed by atoms with Gasteiger partial charge < -0.3 is 15.0 Å². The minimum Gasteiger partial charge on any atom is -0.481 e. The summed E-state index contributed by atoms with van der Waals surface area (Å²) in [5.41, 5.74) is 3.26. The quantitative estimate of drug-likeness (QED) is 0.671. The minimum absolute atomic E-state index is 0.0472. The summed E-state index contributed by atoms with van der Waals surface area (Å²) in [6, 6.07) is 11.7. The van der Waals surface area contributed by atoms with Gasteiger partial charge in [0.25, 0.3) is 5.91 Å². The number of piperidine rings is 1. The average Bonchev–Trinajstić information content (AvgIpc) is 3.09. The van der Waals surface area contributed by atoms with Crippen molar-refractivity contribution in [3.63, 3.8) is 0 Å². The van der Waals surface area contributed by atoms with E-state index in [1.165, 1.54) is 18.2 Å². The molecule has 0 saturated carbocycles. The number of likely N-dealkylation sites (tertiary alicyclic amines) is 1. The molecule has 2 heterocycles. The first kappa shape index (κ1) is 20.1. The van der Waals surface area contributed by atoms with Crippen molar-refractivity contribution in [3.05, 3.63) is 65.2 Å². The molecule has 0 aliphatic carbocycles. The molecule has 0 spiro atoms. The Morgan fingerprint density at radius 1 is 1.23 bits per heavy atom. The van der Waals surface area contributed by atoms with Crippen LogP contribution in [-0.4, -0.2) is 44.9 Å². The van der Waals surface area contributed by atoms with Crippen LogP contribution in [0.3, 0.4) is 0 Å². The standard InChI is InChI=1S/C23H24FN3O3/c1-14-5-6-19-20(9-14)26-21(25-19)11-17-13-27(8-7-15(17)12-22(28)29)23(30)16-3-2-4-18(24)10-16/h2-6,9-10,15,17H,7-8,11-13H2,1H3,(H,25,26)(H,28,29)/t15-,17-/m0/s1. The molecular weight excluding hydrogens is 385 g/mol. The number of aromatic amines is 1. The van der Waals surface area contributed by atoms with Gasteiger partial charge in [0.2, 0.25) is 0 Å². The third-order valence-electron chi connectivity index (χ3n) is 5.83. The van der Waals surface area contributed by atoms with Crippen molar-refractivity contribution in [2.24, 2.45) is 11.8 Å². The van der Waals surface area contributed by atoms with E-state index < -0.39 is 11.8 Å². The number of halogens is 1. The number of aromatic nitrogens is 2. The van der Waals surface area contributed by atoms with Gasteiger partial charge in [-0.1, -0.05) is 12.1 Å². The molecule has 0 unspecified atom stereocenters. The summed E-state index contributed by atoms with van der Waals surface area (Å²) in [6.07, 6.45) is 1.21. The van der Waals surface area contributed by atoms with E-state index in [4.69, 9.17) is 0 Å². The lowest BCUT2D eigenvalue weighted by molar-refractivity contribution is -0.139. The van der Waals surface area contributed by atoms with Crippen molar-refractivity contribution in [2.75, 3.05) is 13.1 Å². The summed E-state index contributed by atoms with van der Waals surface area (Å²) in [4.78, 5) is 33.9. The van der Waals surface area contributed by atoms with Crippen LogP contribution < -0.4 is 0 Å². The van der Waals surface area contributed by atoms with Crippen LogP contribution in [0.25, 0.3) is 11.0 Å². The molecule has 7 heteroatoms. The SMILES string of the molecule is Cc1ccc2nc(C[C@H]3CN(C(=O)c4cccc(F)c4)CC[C@H]3CC(=O)O)[nH]c2c1. The van der Waals surface area contributed by atoms with Crippen LogP contribution in [0.5, 0.6) is 0 Å². The molecule has 0 bridgehead atoms. The average molecular weight is 409 g/mol. The number of aliphatic carboxylic acids is 1. The fourth-order valence-electron chi connectivity index (χ4n) is 4.31.